The normalized spacial score (nSPS) is 17.0. The molecule has 2 amide bonds. The highest BCUT2D eigenvalue weighted by Crippen LogP contribution is 2.26. The maximum absolute atomic E-state index is 12.5. The van der Waals surface area contributed by atoms with Crippen LogP contribution in [0.3, 0.4) is 0 Å². The highest BCUT2D eigenvalue weighted by molar-refractivity contribution is 6.00. The molecule has 0 aliphatic carbocycles. The first kappa shape index (κ1) is 21.6. The number of hydrogen-bond acceptors (Lipinski definition) is 4. The van der Waals surface area contributed by atoms with E-state index in [1.807, 2.05) is 48.5 Å². The molecule has 158 valence electrons. The molecule has 1 heterocycles. The number of carbonyl (C=O) groups excluding carboxylic acids is 3. The topological polar surface area (TPSA) is 75.7 Å². The highest BCUT2D eigenvalue weighted by Gasteiger charge is 2.37. The summed E-state index contributed by atoms with van der Waals surface area (Å²) in [5, 5.41) is 2.75. The molecule has 1 aliphatic rings. The van der Waals surface area contributed by atoms with Crippen molar-refractivity contribution in [1.29, 1.82) is 0 Å². The van der Waals surface area contributed by atoms with Crippen LogP contribution in [0.2, 0.25) is 0 Å². The monoisotopic (exact) mass is 408 g/mol. The fourth-order valence-electron chi connectivity index (χ4n) is 3.42. The van der Waals surface area contributed by atoms with Gasteiger partial charge in [0.25, 0.3) is 5.91 Å². The summed E-state index contributed by atoms with van der Waals surface area (Å²) in [6.07, 6.45) is 0.978. The zero-order valence-electron chi connectivity index (χ0n) is 17.7. The van der Waals surface area contributed by atoms with Crippen molar-refractivity contribution in [1.82, 2.24) is 0 Å². The van der Waals surface area contributed by atoms with Gasteiger partial charge >= 0.3 is 5.97 Å². The Labute approximate surface area is 177 Å². The molecule has 0 aromatic heterocycles. The zero-order chi connectivity index (χ0) is 21.7. The molecule has 0 saturated carbocycles. The van der Waals surface area contributed by atoms with E-state index in [0.29, 0.717) is 5.69 Å². The summed E-state index contributed by atoms with van der Waals surface area (Å²) in [6.45, 7) is 5.92. The number of anilines is 2. The van der Waals surface area contributed by atoms with Gasteiger partial charge in [0.05, 0.1) is 5.92 Å². The molecule has 2 aromatic carbocycles. The van der Waals surface area contributed by atoms with Crippen LogP contribution in [0.4, 0.5) is 11.4 Å². The number of hydrogen-bond donors (Lipinski definition) is 1. The fraction of sp³-hybridized carbons (Fsp3) is 0.375. The molecule has 3 rings (SSSR count). The van der Waals surface area contributed by atoms with Crippen LogP contribution in [0.25, 0.3) is 0 Å². The number of esters is 1. The van der Waals surface area contributed by atoms with Gasteiger partial charge in [-0.15, -0.1) is 0 Å². The van der Waals surface area contributed by atoms with Gasteiger partial charge in [-0.2, -0.15) is 0 Å². The molecule has 1 saturated heterocycles. The Hall–Kier alpha value is -3.15. The molecule has 2 atom stereocenters. The van der Waals surface area contributed by atoms with E-state index in [1.54, 1.807) is 4.90 Å². The van der Waals surface area contributed by atoms with Crippen LogP contribution < -0.4 is 10.2 Å². The molecule has 30 heavy (non-hydrogen) atoms. The van der Waals surface area contributed by atoms with Gasteiger partial charge < -0.3 is 15.0 Å². The van der Waals surface area contributed by atoms with Crippen molar-refractivity contribution < 1.29 is 19.1 Å². The van der Waals surface area contributed by atoms with Crippen molar-refractivity contribution >= 4 is 29.2 Å². The molecule has 1 aliphatic heterocycles. The number of nitrogens with one attached hydrogen (secondary N) is 1. The maximum atomic E-state index is 12.5. The molecular weight excluding hydrogens is 380 g/mol. The minimum atomic E-state index is -0.948. The van der Waals surface area contributed by atoms with Gasteiger partial charge in [-0.3, -0.25) is 14.4 Å². The number of ether oxygens (including phenoxy) is 1. The molecule has 6 heteroatoms. The van der Waals surface area contributed by atoms with E-state index in [0.717, 1.165) is 18.5 Å². The third kappa shape index (κ3) is 5.06. The maximum Gasteiger partial charge on any atom is 0.312 e. The number of amides is 2. The second-order valence-electron chi connectivity index (χ2n) is 7.54. The van der Waals surface area contributed by atoms with E-state index in [2.05, 4.69) is 19.2 Å². The summed E-state index contributed by atoms with van der Waals surface area (Å²) in [5.41, 5.74) is 3.78. The third-order valence-electron chi connectivity index (χ3n) is 5.41. The molecular formula is C24H28N2O4. The van der Waals surface area contributed by atoms with Gasteiger partial charge in [0.1, 0.15) is 0 Å². The summed E-state index contributed by atoms with van der Waals surface area (Å²) in [6, 6.07) is 15.3. The molecule has 2 aromatic rings. The summed E-state index contributed by atoms with van der Waals surface area (Å²) >= 11 is 0. The third-order valence-corrected chi connectivity index (χ3v) is 5.41. The average molecular weight is 408 g/mol. The first-order valence-corrected chi connectivity index (χ1v) is 10.4. The van der Waals surface area contributed by atoms with Crippen LogP contribution in [0.5, 0.6) is 0 Å². The summed E-state index contributed by atoms with van der Waals surface area (Å²) in [7, 11) is 0. The van der Waals surface area contributed by atoms with Crippen LogP contribution in [0.1, 0.15) is 38.3 Å². The number of rotatable bonds is 7. The van der Waals surface area contributed by atoms with E-state index in [9.17, 15) is 14.4 Å². The van der Waals surface area contributed by atoms with Crippen molar-refractivity contribution in [2.75, 3.05) is 16.8 Å². The predicted octanol–water partition coefficient (Wildman–Crippen LogP) is 3.73. The summed E-state index contributed by atoms with van der Waals surface area (Å²) in [5.74, 6) is -1.62. The Bertz CT molecular complexity index is 906. The quantitative estimate of drug-likeness (QED) is 0.708. The van der Waals surface area contributed by atoms with Crippen LogP contribution in [0, 0.1) is 5.92 Å². The van der Waals surface area contributed by atoms with Crippen LogP contribution in [-0.4, -0.2) is 30.4 Å². The zero-order valence-corrected chi connectivity index (χ0v) is 17.7. The lowest BCUT2D eigenvalue weighted by Crippen LogP contribution is -2.33. The van der Waals surface area contributed by atoms with Crippen molar-refractivity contribution in [2.24, 2.45) is 5.92 Å². The van der Waals surface area contributed by atoms with Gasteiger partial charge in [0.2, 0.25) is 5.91 Å². The predicted molar refractivity (Wildman–Crippen MR) is 116 cm³/mol. The highest BCUT2D eigenvalue weighted by atomic mass is 16.5. The van der Waals surface area contributed by atoms with Crippen molar-refractivity contribution in [2.45, 2.75) is 46.1 Å². The molecule has 1 fully saturated rings. The fourth-order valence-corrected chi connectivity index (χ4v) is 3.42. The van der Waals surface area contributed by atoms with Crippen LogP contribution in [0.15, 0.2) is 48.5 Å². The van der Waals surface area contributed by atoms with Crippen molar-refractivity contribution in [3.63, 3.8) is 0 Å². The largest absolute Gasteiger partial charge is 0.452 e. The van der Waals surface area contributed by atoms with Gasteiger partial charge in [0.15, 0.2) is 6.10 Å². The van der Waals surface area contributed by atoms with E-state index in [-0.39, 0.29) is 18.9 Å². The molecule has 0 bridgehead atoms. The molecule has 0 unspecified atom stereocenters. The van der Waals surface area contributed by atoms with Gasteiger partial charge in [-0.1, -0.05) is 38.1 Å². The Morgan fingerprint density at radius 1 is 1.03 bits per heavy atom. The number of nitrogens with zero attached hydrogens (tertiary/aromatic N) is 1. The molecule has 0 radical (unpaired) electrons. The number of benzene rings is 2. The summed E-state index contributed by atoms with van der Waals surface area (Å²) in [4.78, 5) is 38.9. The molecule has 1 N–H and O–H groups in total. The van der Waals surface area contributed by atoms with Crippen LogP contribution >= 0.6 is 0 Å². The van der Waals surface area contributed by atoms with E-state index >= 15 is 0 Å². The van der Waals surface area contributed by atoms with Gasteiger partial charge in [-0.05, 0) is 55.2 Å². The van der Waals surface area contributed by atoms with E-state index < -0.39 is 23.9 Å². The minimum Gasteiger partial charge on any atom is -0.452 e. The Morgan fingerprint density at radius 3 is 2.17 bits per heavy atom. The van der Waals surface area contributed by atoms with E-state index in [1.165, 1.54) is 18.1 Å². The standard InChI is InChI=1S/C24H28N2O4/c1-4-17-6-10-20(11-7-17)25-23(28)16(3)30-24(29)19-14-22(27)26(15-19)21-12-8-18(5-2)9-13-21/h6-13,16,19H,4-5,14-15H2,1-3H3,(H,25,28)/t16-,19-/m1/s1. The van der Waals surface area contributed by atoms with Gasteiger partial charge in [0, 0.05) is 24.3 Å². The SMILES string of the molecule is CCc1ccc(NC(=O)[C@@H](C)OC(=O)[C@@H]2CC(=O)N(c3ccc(CC)cc3)C2)cc1. The van der Waals surface area contributed by atoms with Crippen LogP contribution in [-0.2, 0) is 32.0 Å². The Balaban J connectivity index is 1.55. The Kier molecular flexibility index (Phi) is 6.87. The first-order valence-electron chi connectivity index (χ1n) is 10.4. The minimum absolute atomic E-state index is 0.0845. The van der Waals surface area contributed by atoms with Gasteiger partial charge in [-0.25, -0.2) is 0 Å². The first-order chi connectivity index (χ1) is 14.4. The number of carbonyl (C=O) groups is 3. The second-order valence-corrected chi connectivity index (χ2v) is 7.54. The Morgan fingerprint density at radius 2 is 1.60 bits per heavy atom. The van der Waals surface area contributed by atoms with Crippen molar-refractivity contribution in [3.8, 4) is 0 Å². The lowest BCUT2D eigenvalue weighted by molar-refractivity contribution is -0.157. The number of aryl methyl sites for hydroxylation is 2. The lowest BCUT2D eigenvalue weighted by atomic mass is 10.1. The smallest absolute Gasteiger partial charge is 0.312 e. The average Bonchev–Trinajstić information content (AvgIpc) is 3.16. The molecule has 0 spiro atoms. The molecule has 6 nitrogen and oxygen atoms in total. The second kappa shape index (κ2) is 9.57. The lowest BCUT2D eigenvalue weighted by Gasteiger charge is -2.18. The van der Waals surface area contributed by atoms with Crippen molar-refractivity contribution in [3.05, 3.63) is 59.7 Å². The van der Waals surface area contributed by atoms with E-state index in [4.69, 9.17) is 4.74 Å². The summed E-state index contributed by atoms with van der Waals surface area (Å²) < 4.78 is 5.35.